The van der Waals surface area contributed by atoms with Crippen LogP contribution in [0.1, 0.15) is 19.3 Å². The molecule has 2 aromatic rings. The van der Waals surface area contributed by atoms with Gasteiger partial charge in [-0.15, -0.1) is 0 Å². The van der Waals surface area contributed by atoms with Crippen molar-refractivity contribution >= 4 is 8.07 Å². The molecule has 124 valence electrons. The first-order valence-electron chi connectivity index (χ1n) is 8.46. The minimum Gasteiger partial charge on any atom is -0.508 e. The summed E-state index contributed by atoms with van der Waals surface area (Å²) >= 11 is 0. The Balaban J connectivity index is 1.74. The Kier molecular flexibility index (Phi) is 6.28. The first kappa shape index (κ1) is 17.6. The fourth-order valence-electron chi connectivity index (χ4n) is 2.52. The quantitative estimate of drug-likeness (QED) is 0.479. The summed E-state index contributed by atoms with van der Waals surface area (Å²) in [5.74, 6) is 1.22. The number of ether oxygens (including phenoxy) is 1. The fraction of sp³-hybridized carbons (Fsp3) is 0.400. The van der Waals surface area contributed by atoms with Crippen molar-refractivity contribution in [2.24, 2.45) is 0 Å². The van der Waals surface area contributed by atoms with Gasteiger partial charge in [0.15, 0.2) is 0 Å². The van der Waals surface area contributed by atoms with Crippen molar-refractivity contribution < 1.29 is 9.84 Å². The van der Waals surface area contributed by atoms with Crippen molar-refractivity contribution in [3.8, 4) is 22.6 Å². The third-order valence-electron chi connectivity index (χ3n) is 3.89. The van der Waals surface area contributed by atoms with Crippen LogP contribution in [0, 0.1) is 0 Å². The molecule has 0 aliphatic heterocycles. The number of benzene rings is 2. The SMILES string of the molecule is C[Si](C)(C)CCCCCOc1ccc(-c2ccc(O)cc2)cc1. The molecule has 0 aliphatic carbocycles. The summed E-state index contributed by atoms with van der Waals surface area (Å²) in [6.07, 6.45) is 3.72. The van der Waals surface area contributed by atoms with Gasteiger partial charge in [0, 0.05) is 8.07 Å². The molecule has 0 radical (unpaired) electrons. The highest BCUT2D eigenvalue weighted by atomic mass is 28.3. The van der Waals surface area contributed by atoms with Crippen LogP contribution in [0.25, 0.3) is 11.1 Å². The Hall–Kier alpha value is -1.74. The maximum absolute atomic E-state index is 9.33. The van der Waals surface area contributed by atoms with Crippen molar-refractivity contribution in [1.82, 2.24) is 0 Å². The first-order chi connectivity index (χ1) is 10.9. The average Bonchev–Trinajstić information content (AvgIpc) is 2.51. The maximum atomic E-state index is 9.33. The fourth-order valence-corrected chi connectivity index (χ4v) is 3.83. The lowest BCUT2D eigenvalue weighted by atomic mass is 10.1. The molecule has 3 heteroatoms. The smallest absolute Gasteiger partial charge is 0.119 e. The number of phenolic OH excluding ortho intramolecular Hbond substituents is 1. The zero-order valence-electron chi connectivity index (χ0n) is 14.5. The zero-order valence-corrected chi connectivity index (χ0v) is 15.5. The molecule has 0 unspecified atom stereocenters. The molecule has 0 aromatic heterocycles. The van der Waals surface area contributed by atoms with E-state index in [0.717, 1.165) is 29.9 Å². The standard InChI is InChI=1S/C20H28O2Si/c1-23(2,3)16-6-4-5-15-22-20-13-9-18(10-14-20)17-7-11-19(21)12-8-17/h7-14,21H,4-6,15-16H2,1-3H3. The largest absolute Gasteiger partial charge is 0.508 e. The highest BCUT2D eigenvalue weighted by Crippen LogP contribution is 2.24. The molecule has 0 saturated carbocycles. The van der Waals surface area contributed by atoms with Crippen LogP contribution < -0.4 is 4.74 Å². The van der Waals surface area contributed by atoms with Crippen LogP contribution in [0.5, 0.6) is 11.5 Å². The molecule has 0 aliphatic rings. The van der Waals surface area contributed by atoms with Crippen molar-refractivity contribution in [3.63, 3.8) is 0 Å². The topological polar surface area (TPSA) is 29.5 Å². The summed E-state index contributed by atoms with van der Waals surface area (Å²) in [7, 11) is -0.880. The van der Waals surface area contributed by atoms with Crippen LogP contribution in [0.4, 0.5) is 0 Å². The van der Waals surface area contributed by atoms with Crippen LogP contribution in [-0.4, -0.2) is 19.8 Å². The van der Waals surface area contributed by atoms with Gasteiger partial charge in [0.2, 0.25) is 0 Å². The van der Waals surface area contributed by atoms with Crippen LogP contribution >= 0.6 is 0 Å². The summed E-state index contributed by atoms with van der Waals surface area (Å²) < 4.78 is 5.82. The lowest BCUT2D eigenvalue weighted by molar-refractivity contribution is 0.306. The number of phenols is 1. The van der Waals surface area contributed by atoms with Gasteiger partial charge in [-0.3, -0.25) is 0 Å². The van der Waals surface area contributed by atoms with Crippen molar-refractivity contribution in [3.05, 3.63) is 48.5 Å². The monoisotopic (exact) mass is 328 g/mol. The molecular formula is C20H28O2Si. The molecule has 2 rings (SSSR count). The predicted octanol–water partition coefficient (Wildman–Crippen LogP) is 5.95. The number of aromatic hydroxyl groups is 1. The summed E-state index contributed by atoms with van der Waals surface area (Å²) in [6, 6.07) is 16.8. The van der Waals surface area contributed by atoms with Gasteiger partial charge < -0.3 is 9.84 Å². The minimum atomic E-state index is -0.880. The van der Waals surface area contributed by atoms with E-state index in [-0.39, 0.29) is 0 Å². The molecular weight excluding hydrogens is 300 g/mol. The first-order valence-corrected chi connectivity index (χ1v) is 12.2. The molecule has 0 saturated heterocycles. The normalized spacial score (nSPS) is 11.4. The summed E-state index contributed by atoms with van der Waals surface area (Å²) in [5.41, 5.74) is 2.23. The number of unbranched alkanes of at least 4 members (excludes halogenated alkanes) is 2. The van der Waals surface area contributed by atoms with E-state index in [1.165, 1.54) is 18.9 Å². The van der Waals surface area contributed by atoms with Gasteiger partial charge in [-0.1, -0.05) is 62.8 Å². The lowest BCUT2D eigenvalue weighted by Crippen LogP contribution is -2.18. The van der Waals surface area contributed by atoms with E-state index in [1.807, 2.05) is 24.3 Å². The highest BCUT2D eigenvalue weighted by molar-refractivity contribution is 6.76. The van der Waals surface area contributed by atoms with Crippen LogP contribution in [0.2, 0.25) is 25.7 Å². The average molecular weight is 329 g/mol. The maximum Gasteiger partial charge on any atom is 0.119 e. The van der Waals surface area contributed by atoms with Crippen LogP contribution in [-0.2, 0) is 0 Å². The van der Waals surface area contributed by atoms with E-state index in [0.29, 0.717) is 5.75 Å². The van der Waals surface area contributed by atoms with Gasteiger partial charge in [0.25, 0.3) is 0 Å². The van der Waals surface area contributed by atoms with Crippen molar-refractivity contribution in [1.29, 1.82) is 0 Å². The summed E-state index contributed by atoms with van der Waals surface area (Å²) in [6.45, 7) is 8.09. The number of rotatable bonds is 8. The van der Waals surface area contributed by atoms with Gasteiger partial charge in [0.05, 0.1) is 6.61 Å². The molecule has 1 N–H and O–H groups in total. The van der Waals surface area contributed by atoms with Crippen molar-refractivity contribution in [2.45, 2.75) is 44.9 Å². The van der Waals surface area contributed by atoms with Gasteiger partial charge in [-0.05, 0) is 41.8 Å². The predicted molar refractivity (Wildman–Crippen MR) is 101 cm³/mol. The third-order valence-corrected chi connectivity index (χ3v) is 5.75. The summed E-state index contributed by atoms with van der Waals surface area (Å²) in [5, 5.41) is 9.33. The Morgan fingerprint density at radius 3 is 1.91 bits per heavy atom. The number of hydrogen-bond donors (Lipinski definition) is 1. The molecule has 0 bridgehead atoms. The lowest BCUT2D eigenvalue weighted by Gasteiger charge is -2.15. The Morgan fingerprint density at radius 2 is 1.35 bits per heavy atom. The molecule has 0 spiro atoms. The van der Waals surface area contributed by atoms with Crippen molar-refractivity contribution in [2.75, 3.05) is 6.61 Å². The molecule has 23 heavy (non-hydrogen) atoms. The Bertz CT molecular complexity index is 583. The summed E-state index contributed by atoms with van der Waals surface area (Å²) in [4.78, 5) is 0. The zero-order chi connectivity index (χ0) is 16.7. The van der Waals surface area contributed by atoms with E-state index in [9.17, 15) is 5.11 Å². The van der Waals surface area contributed by atoms with E-state index < -0.39 is 8.07 Å². The molecule has 0 heterocycles. The van der Waals surface area contributed by atoms with Gasteiger partial charge in [-0.25, -0.2) is 0 Å². The Labute approximate surface area is 141 Å². The van der Waals surface area contributed by atoms with Crippen LogP contribution in [0.3, 0.4) is 0 Å². The second-order valence-corrected chi connectivity index (χ2v) is 12.9. The molecule has 2 aromatic carbocycles. The van der Waals surface area contributed by atoms with Gasteiger partial charge in [-0.2, -0.15) is 0 Å². The van der Waals surface area contributed by atoms with E-state index >= 15 is 0 Å². The van der Waals surface area contributed by atoms with E-state index in [2.05, 4.69) is 31.8 Å². The van der Waals surface area contributed by atoms with Crippen LogP contribution in [0.15, 0.2) is 48.5 Å². The molecule has 0 fully saturated rings. The minimum absolute atomic E-state index is 0.294. The van der Waals surface area contributed by atoms with Gasteiger partial charge in [0.1, 0.15) is 11.5 Å². The second kappa shape index (κ2) is 8.21. The third kappa shape index (κ3) is 6.49. The van der Waals surface area contributed by atoms with Gasteiger partial charge >= 0.3 is 0 Å². The van der Waals surface area contributed by atoms with E-state index in [4.69, 9.17) is 4.74 Å². The molecule has 2 nitrogen and oxygen atoms in total. The molecule has 0 atom stereocenters. The molecule has 0 amide bonds. The second-order valence-electron chi connectivity index (χ2n) is 7.29. The van der Waals surface area contributed by atoms with E-state index in [1.54, 1.807) is 12.1 Å². The Morgan fingerprint density at radius 1 is 0.783 bits per heavy atom. The highest BCUT2D eigenvalue weighted by Gasteiger charge is 2.11. The number of hydrogen-bond acceptors (Lipinski definition) is 2.